The topological polar surface area (TPSA) is 45.2 Å². The predicted molar refractivity (Wildman–Crippen MR) is 105 cm³/mol. The highest BCUT2D eigenvalue weighted by molar-refractivity contribution is 5.98. The van der Waals surface area contributed by atoms with Crippen LogP contribution in [0.15, 0.2) is 66.9 Å². The minimum atomic E-state index is -0.338. The first-order valence-corrected chi connectivity index (χ1v) is 8.75. The Kier molecular flexibility index (Phi) is 5.94. The molecule has 0 spiro atoms. The van der Waals surface area contributed by atoms with Gasteiger partial charge in [-0.25, -0.2) is 4.39 Å². The lowest BCUT2D eigenvalue weighted by atomic mass is 10.0. The third-order valence-electron chi connectivity index (χ3n) is 4.16. The van der Waals surface area contributed by atoms with Crippen molar-refractivity contribution in [3.05, 3.63) is 89.5 Å². The van der Waals surface area contributed by atoms with Crippen molar-refractivity contribution in [3.63, 3.8) is 0 Å². The van der Waals surface area contributed by atoms with E-state index < -0.39 is 0 Å². The lowest BCUT2D eigenvalue weighted by Gasteiger charge is -2.13. The fourth-order valence-electron chi connectivity index (χ4n) is 2.92. The Hall–Kier alpha value is -3.05. The number of nitrogens with zero attached hydrogens (tertiary/aromatic N) is 2. The van der Waals surface area contributed by atoms with Crippen LogP contribution in [0.3, 0.4) is 0 Å². The third-order valence-corrected chi connectivity index (χ3v) is 4.16. The van der Waals surface area contributed by atoms with E-state index in [-0.39, 0.29) is 18.3 Å². The van der Waals surface area contributed by atoms with Gasteiger partial charge in [0.2, 0.25) is 0 Å². The van der Waals surface area contributed by atoms with Crippen molar-refractivity contribution in [1.29, 1.82) is 0 Å². The van der Waals surface area contributed by atoms with Gasteiger partial charge in [-0.15, -0.1) is 0 Å². The molecule has 0 bridgehead atoms. The number of hydrogen-bond donors (Lipinski definition) is 1. The molecule has 0 saturated heterocycles. The fourth-order valence-corrected chi connectivity index (χ4v) is 2.92. The van der Waals surface area contributed by atoms with Crippen LogP contribution < -0.4 is 5.32 Å². The molecule has 3 aromatic rings. The molecule has 3 rings (SSSR count). The van der Waals surface area contributed by atoms with E-state index in [0.717, 1.165) is 23.2 Å². The van der Waals surface area contributed by atoms with E-state index in [1.165, 1.54) is 6.07 Å². The van der Waals surface area contributed by atoms with E-state index in [4.69, 9.17) is 0 Å². The Bertz CT molecular complexity index is 940. The Morgan fingerprint density at radius 3 is 2.67 bits per heavy atom. The van der Waals surface area contributed by atoms with Crippen LogP contribution in [0.2, 0.25) is 0 Å². The van der Waals surface area contributed by atoms with Crippen LogP contribution in [0.1, 0.15) is 21.6 Å². The average Bonchev–Trinajstić information content (AvgIpc) is 2.67. The number of nitrogens with one attached hydrogen (secondary N) is 1. The minimum Gasteiger partial charge on any atom is -0.346 e. The molecule has 138 valence electrons. The highest BCUT2D eigenvalue weighted by Crippen LogP contribution is 2.24. The molecule has 27 heavy (non-hydrogen) atoms. The van der Waals surface area contributed by atoms with Crippen LogP contribution >= 0.6 is 0 Å². The molecule has 1 amide bonds. The zero-order valence-electron chi connectivity index (χ0n) is 15.4. The van der Waals surface area contributed by atoms with Crippen LogP contribution in [0.5, 0.6) is 0 Å². The van der Waals surface area contributed by atoms with E-state index in [2.05, 4.69) is 27.3 Å². The first-order chi connectivity index (χ1) is 13.0. The smallest absolute Gasteiger partial charge is 0.270 e. The van der Waals surface area contributed by atoms with Gasteiger partial charge in [-0.2, -0.15) is 0 Å². The highest BCUT2D eigenvalue weighted by Gasteiger charge is 2.15. The number of amides is 1. The second kappa shape index (κ2) is 8.56. The van der Waals surface area contributed by atoms with E-state index in [9.17, 15) is 9.18 Å². The van der Waals surface area contributed by atoms with Gasteiger partial charge in [0.25, 0.3) is 5.91 Å². The summed E-state index contributed by atoms with van der Waals surface area (Å²) in [6.07, 6.45) is 1.59. The van der Waals surface area contributed by atoms with Crippen LogP contribution in [0.25, 0.3) is 11.1 Å². The number of carbonyl (C=O) groups excluding carboxylic acids is 1. The van der Waals surface area contributed by atoms with Gasteiger partial charge in [-0.1, -0.05) is 42.5 Å². The van der Waals surface area contributed by atoms with Gasteiger partial charge < -0.3 is 10.2 Å². The largest absolute Gasteiger partial charge is 0.346 e. The first kappa shape index (κ1) is 18.7. The van der Waals surface area contributed by atoms with Crippen molar-refractivity contribution in [2.24, 2.45) is 0 Å². The molecule has 1 aromatic heterocycles. The Morgan fingerprint density at radius 2 is 1.89 bits per heavy atom. The molecule has 0 aliphatic rings. The lowest BCUT2D eigenvalue weighted by Crippen LogP contribution is -2.25. The maximum atomic E-state index is 13.8. The number of carbonyl (C=O) groups is 1. The third kappa shape index (κ3) is 4.77. The molecular weight excluding hydrogens is 341 g/mol. The van der Waals surface area contributed by atoms with Gasteiger partial charge in [0.1, 0.15) is 11.5 Å². The maximum absolute atomic E-state index is 13.8. The summed E-state index contributed by atoms with van der Waals surface area (Å²) in [4.78, 5) is 19.0. The van der Waals surface area contributed by atoms with Crippen LogP contribution in [0.4, 0.5) is 4.39 Å². The first-order valence-electron chi connectivity index (χ1n) is 8.75. The minimum absolute atomic E-state index is 0.113. The highest BCUT2D eigenvalue weighted by atomic mass is 19.1. The molecule has 0 aliphatic heterocycles. The van der Waals surface area contributed by atoms with Gasteiger partial charge >= 0.3 is 0 Å². The van der Waals surface area contributed by atoms with Gasteiger partial charge in [0, 0.05) is 30.4 Å². The zero-order valence-corrected chi connectivity index (χ0v) is 15.4. The molecule has 5 heteroatoms. The fraction of sp³-hybridized carbons (Fsp3) is 0.182. The van der Waals surface area contributed by atoms with Crippen molar-refractivity contribution < 1.29 is 9.18 Å². The van der Waals surface area contributed by atoms with Crippen molar-refractivity contribution in [2.75, 3.05) is 14.1 Å². The van der Waals surface area contributed by atoms with E-state index in [0.29, 0.717) is 11.3 Å². The standard InChI is InChI=1S/C22H22FN3O/c1-26(2)15-16-7-5-9-17(13-16)19-10-6-12-24-21(19)22(27)25-14-18-8-3-4-11-20(18)23/h3-13H,14-15H2,1-2H3,(H,25,27). The van der Waals surface area contributed by atoms with Crippen molar-refractivity contribution in [1.82, 2.24) is 15.2 Å². The van der Waals surface area contributed by atoms with Gasteiger partial charge in [0.05, 0.1) is 0 Å². The molecule has 0 atom stereocenters. The number of rotatable bonds is 6. The molecular formula is C22H22FN3O. The van der Waals surface area contributed by atoms with Crippen molar-refractivity contribution >= 4 is 5.91 Å². The average molecular weight is 363 g/mol. The molecule has 0 fully saturated rings. The summed E-state index contributed by atoms with van der Waals surface area (Å²) in [6.45, 7) is 0.922. The van der Waals surface area contributed by atoms with E-state index in [1.54, 1.807) is 24.4 Å². The second-order valence-corrected chi connectivity index (χ2v) is 6.61. The Balaban J connectivity index is 1.83. The number of halogens is 1. The Labute approximate surface area is 158 Å². The summed E-state index contributed by atoms with van der Waals surface area (Å²) in [7, 11) is 4.02. The molecule has 1 N–H and O–H groups in total. The number of benzene rings is 2. The van der Waals surface area contributed by atoms with Crippen molar-refractivity contribution in [2.45, 2.75) is 13.1 Å². The van der Waals surface area contributed by atoms with E-state index >= 15 is 0 Å². The molecule has 0 aliphatic carbocycles. The summed E-state index contributed by atoms with van der Waals surface area (Å²) in [5.74, 6) is -0.665. The predicted octanol–water partition coefficient (Wildman–Crippen LogP) is 3.88. The summed E-state index contributed by atoms with van der Waals surface area (Å²) >= 11 is 0. The number of aromatic nitrogens is 1. The molecule has 0 unspecified atom stereocenters. The molecule has 0 radical (unpaired) electrons. The molecule has 4 nitrogen and oxygen atoms in total. The van der Waals surface area contributed by atoms with Crippen LogP contribution in [0, 0.1) is 5.82 Å². The molecule has 0 saturated carbocycles. The monoisotopic (exact) mass is 363 g/mol. The van der Waals surface area contributed by atoms with Crippen LogP contribution in [-0.2, 0) is 13.1 Å². The zero-order chi connectivity index (χ0) is 19.2. The van der Waals surface area contributed by atoms with Gasteiger partial charge in [-0.05, 0) is 43.4 Å². The molecule has 2 aromatic carbocycles. The SMILES string of the molecule is CN(C)Cc1cccc(-c2cccnc2C(=O)NCc2ccccc2F)c1. The van der Waals surface area contributed by atoms with Crippen molar-refractivity contribution in [3.8, 4) is 11.1 Å². The quantitative estimate of drug-likeness (QED) is 0.723. The summed E-state index contributed by atoms with van der Waals surface area (Å²) in [5.41, 5.74) is 3.61. The second-order valence-electron chi connectivity index (χ2n) is 6.61. The number of hydrogen-bond acceptors (Lipinski definition) is 3. The summed E-state index contributed by atoms with van der Waals surface area (Å²) in [6, 6.07) is 18.1. The van der Waals surface area contributed by atoms with Gasteiger partial charge in [0.15, 0.2) is 0 Å². The summed E-state index contributed by atoms with van der Waals surface area (Å²) in [5, 5.41) is 2.76. The Morgan fingerprint density at radius 1 is 1.07 bits per heavy atom. The normalized spacial score (nSPS) is 10.8. The molecule has 1 heterocycles. The maximum Gasteiger partial charge on any atom is 0.270 e. The van der Waals surface area contributed by atoms with E-state index in [1.807, 2.05) is 38.4 Å². The van der Waals surface area contributed by atoms with Gasteiger partial charge in [-0.3, -0.25) is 9.78 Å². The van der Waals surface area contributed by atoms with Crippen LogP contribution in [-0.4, -0.2) is 29.9 Å². The number of pyridine rings is 1. The summed E-state index contributed by atoms with van der Waals surface area (Å²) < 4.78 is 13.8. The lowest BCUT2D eigenvalue weighted by molar-refractivity contribution is 0.0946.